The molecule has 0 radical (unpaired) electrons. The Hall–Kier alpha value is -3.19. The van der Waals surface area contributed by atoms with Crippen LogP contribution in [0.25, 0.3) is 0 Å². The SMILES string of the molecule is CCOCCOCCOCCOCCC(=O)N1CCN(c2ccc(C(C)=O)c(C(=O)C(C)CC)c2)CC1.CNC(=O)C(C)CCC=O. The van der Waals surface area contributed by atoms with E-state index in [2.05, 4.69) is 10.2 Å². The number of hydrogen-bond acceptors (Lipinski definition) is 10. The smallest absolute Gasteiger partial charge is 0.225 e. The minimum atomic E-state index is -0.138. The molecule has 266 valence electrons. The topological polar surface area (TPSA) is 141 Å². The highest BCUT2D eigenvalue weighted by Gasteiger charge is 2.24. The number of piperazine rings is 1. The summed E-state index contributed by atoms with van der Waals surface area (Å²) in [6.45, 7) is 15.8. The van der Waals surface area contributed by atoms with Crippen molar-refractivity contribution >= 4 is 35.4 Å². The largest absolute Gasteiger partial charge is 0.379 e. The molecule has 2 atom stereocenters. The van der Waals surface area contributed by atoms with Crippen molar-refractivity contribution in [3.8, 4) is 0 Å². The monoisotopic (exact) mass is 663 g/mol. The molecule has 1 heterocycles. The molecule has 1 aliphatic rings. The minimum Gasteiger partial charge on any atom is -0.379 e. The Morgan fingerprint density at radius 1 is 0.830 bits per heavy atom. The Morgan fingerprint density at radius 2 is 1.40 bits per heavy atom. The van der Waals surface area contributed by atoms with E-state index in [9.17, 15) is 24.0 Å². The van der Waals surface area contributed by atoms with Gasteiger partial charge in [-0.2, -0.15) is 0 Å². The summed E-state index contributed by atoms with van der Waals surface area (Å²) in [4.78, 5) is 62.2. The van der Waals surface area contributed by atoms with Crippen molar-refractivity contribution in [3.63, 3.8) is 0 Å². The number of amides is 2. The molecule has 2 rings (SSSR count). The van der Waals surface area contributed by atoms with Crippen molar-refractivity contribution in [1.82, 2.24) is 10.2 Å². The Labute approximate surface area is 280 Å². The van der Waals surface area contributed by atoms with Crippen LogP contribution in [0.4, 0.5) is 5.69 Å². The molecule has 1 saturated heterocycles. The zero-order valence-corrected chi connectivity index (χ0v) is 29.3. The molecule has 47 heavy (non-hydrogen) atoms. The number of carbonyl (C=O) groups excluding carboxylic acids is 5. The predicted molar refractivity (Wildman–Crippen MR) is 181 cm³/mol. The zero-order chi connectivity index (χ0) is 35.0. The molecule has 1 fully saturated rings. The highest BCUT2D eigenvalue weighted by atomic mass is 16.6. The van der Waals surface area contributed by atoms with E-state index in [1.807, 2.05) is 44.7 Å². The quantitative estimate of drug-likeness (QED) is 0.111. The van der Waals surface area contributed by atoms with Gasteiger partial charge in [-0.3, -0.25) is 19.2 Å². The van der Waals surface area contributed by atoms with Gasteiger partial charge in [0.15, 0.2) is 11.6 Å². The maximum Gasteiger partial charge on any atom is 0.225 e. The lowest BCUT2D eigenvalue weighted by Crippen LogP contribution is -2.49. The number of anilines is 1. The molecule has 0 saturated carbocycles. The summed E-state index contributed by atoms with van der Waals surface area (Å²) in [5.41, 5.74) is 1.87. The molecule has 1 aromatic rings. The molecule has 0 aliphatic carbocycles. The van der Waals surface area contributed by atoms with E-state index in [-0.39, 0.29) is 35.2 Å². The lowest BCUT2D eigenvalue weighted by molar-refractivity contribution is -0.132. The van der Waals surface area contributed by atoms with Crippen LogP contribution in [0.3, 0.4) is 0 Å². The molecule has 2 unspecified atom stereocenters. The first-order valence-corrected chi connectivity index (χ1v) is 16.8. The second-order valence-electron chi connectivity index (χ2n) is 11.4. The third-order valence-electron chi connectivity index (χ3n) is 7.90. The lowest BCUT2D eigenvalue weighted by Gasteiger charge is -2.36. The van der Waals surface area contributed by atoms with E-state index in [1.54, 1.807) is 13.1 Å². The average molecular weight is 664 g/mol. The molecule has 1 aromatic carbocycles. The summed E-state index contributed by atoms with van der Waals surface area (Å²) >= 11 is 0. The van der Waals surface area contributed by atoms with Gasteiger partial charge in [-0.25, -0.2) is 0 Å². The van der Waals surface area contributed by atoms with Crippen molar-refractivity contribution < 1.29 is 42.9 Å². The van der Waals surface area contributed by atoms with Crippen molar-refractivity contribution in [2.24, 2.45) is 11.8 Å². The molecule has 0 spiro atoms. The van der Waals surface area contributed by atoms with E-state index >= 15 is 0 Å². The highest BCUT2D eigenvalue weighted by Crippen LogP contribution is 2.25. The first-order chi connectivity index (χ1) is 22.6. The third kappa shape index (κ3) is 16.5. The fraction of sp³-hybridized carbons (Fsp3) is 0.686. The summed E-state index contributed by atoms with van der Waals surface area (Å²) in [7, 11) is 1.60. The van der Waals surface area contributed by atoms with Gasteiger partial charge >= 0.3 is 0 Å². The van der Waals surface area contributed by atoms with Crippen molar-refractivity contribution in [2.45, 2.75) is 60.3 Å². The Balaban J connectivity index is 0.000000950. The van der Waals surface area contributed by atoms with Gasteiger partial charge in [-0.05, 0) is 44.9 Å². The standard InChI is InChI=1S/C28H44N2O7.C7H13NO2/c1-5-22(3)28(33)26-21-24(7-8-25(26)23(4)31)29-10-12-30(13-11-29)27(32)9-14-35-17-18-37-20-19-36-16-15-34-6-2;1-6(4-3-5-9)7(10)8-2/h7-8,21-22H,5-6,9-20H2,1-4H3;5-6H,3-4H2,1-2H3,(H,8,10). The average Bonchev–Trinajstić information content (AvgIpc) is 3.09. The van der Waals surface area contributed by atoms with Crippen LogP contribution in [-0.2, 0) is 33.3 Å². The first kappa shape index (κ1) is 41.8. The summed E-state index contributed by atoms with van der Waals surface area (Å²) in [5, 5.41) is 2.52. The van der Waals surface area contributed by atoms with Gasteiger partial charge in [0, 0.05) is 74.9 Å². The zero-order valence-electron chi connectivity index (χ0n) is 29.3. The van der Waals surface area contributed by atoms with E-state index in [0.717, 1.165) is 18.4 Å². The number of Topliss-reactive ketones (excluding diaryl/α,β-unsaturated/α-hetero) is 2. The molecule has 1 N–H and O–H groups in total. The number of carbonyl (C=O) groups is 5. The van der Waals surface area contributed by atoms with Crippen LogP contribution in [0, 0.1) is 11.8 Å². The number of nitrogens with zero attached hydrogens (tertiary/aromatic N) is 2. The number of aldehydes is 1. The number of ether oxygens (including phenoxy) is 4. The van der Waals surface area contributed by atoms with Crippen LogP contribution in [0.5, 0.6) is 0 Å². The molecule has 2 amide bonds. The van der Waals surface area contributed by atoms with Crippen LogP contribution in [0.2, 0.25) is 0 Å². The van der Waals surface area contributed by atoms with Crippen LogP contribution >= 0.6 is 0 Å². The predicted octanol–water partition coefficient (Wildman–Crippen LogP) is 3.59. The van der Waals surface area contributed by atoms with Crippen molar-refractivity contribution in [2.75, 3.05) is 91.0 Å². The molecule has 12 heteroatoms. The number of hydrogen-bond donors (Lipinski definition) is 1. The first-order valence-electron chi connectivity index (χ1n) is 16.8. The second kappa shape index (κ2) is 24.9. The van der Waals surface area contributed by atoms with Crippen molar-refractivity contribution in [3.05, 3.63) is 29.3 Å². The van der Waals surface area contributed by atoms with Gasteiger partial charge in [-0.1, -0.05) is 20.8 Å². The molecular formula is C35H57N3O9. The van der Waals surface area contributed by atoms with E-state index in [0.29, 0.717) is 109 Å². The van der Waals surface area contributed by atoms with Gasteiger partial charge in [0.25, 0.3) is 0 Å². The summed E-state index contributed by atoms with van der Waals surface area (Å²) in [6, 6.07) is 5.48. The van der Waals surface area contributed by atoms with Gasteiger partial charge in [0.05, 0.1) is 52.7 Å². The van der Waals surface area contributed by atoms with Crippen LogP contribution in [0.1, 0.15) is 81.0 Å². The van der Waals surface area contributed by atoms with Crippen LogP contribution in [0.15, 0.2) is 18.2 Å². The third-order valence-corrected chi connectivity index (χ3v) is 7.90. The fourth-order valence-electron chi connectivity index (χ4n) is 4.72. The Morgan fingerprint density at radius 3 is 1.91 bits per heavy atom. The fourth-order valence-corrected chi connectivity index (χ4v) is 4.72. The Bertz CT molecular complexity index is 1090. The van der Waals surface area contributed by atoms with Gasteiger partial charge < -0.3 is 38.9 Å². The molecule has 12 nitrogen and oxygen atoms in total. The Kier molecular flexibility index (Phi) is 22.2. The van der Waals surface area contributed by atoms with Crippen LogP contribution < -0.4 is 10.2 Å². The van der Waals surface area contributed by atoms with E-state index in [1.165, 1.54) is 6.92 Å². The lowest BCUT2D eigenvalue weighted by atomic mass is 9.91. The number of rotatable bonds is 22. The maximum absolute atomic E-state index is 12.9. The van der Waals surface area contributed by atoms with Crippen molar-refractivity contribution in [1.29, 1.82) is 0 Å². The summed E-state index contributed by atoms with van der Waals surface area (Å²) in [5.74, 6) is -0.217. The minimum absolute atomic E-state index is 0.000363. The highest BCUT2D eigenvalue weighted by molar-refractivity contribution is 6.09. The normalized spacial score (nSPS) is 14.1. The summed E-state index contributed by atoms with van der Waals surface area (Å²) < 4.78 is 21.5. The molecule has 0 bridgehead atoms. The molecular weight excluding hydrogens is 606 g/mol. The van der Waals surface area contributed by atoms with E-state index in [4.69, 9.17) is 18.9 Å². The summed E-state index contributed by atoms with van der Waals surface area (Å²) in [6.07, 6.45) is 3.00. The molecule has 1 aliphatic heterocycles. The second-order valence-corrected chi connectivity index (χ2v) is 11.4. The van der Waals surface area contributed by atoms with Gasteiger partial charge in [0.2, 0.25) is 11.8 Å². The van der Waals surface area contributed by atoms with E-state index < -0.39 is 0 Å². The molecule has 0 aromatic heterocycles. The van der Waals surface area contributed by atoms with Gasteiger partial charge in [0.1, 0.15) is 6.29 Å². The number of ketones is 2. The van der Waals surface area contributed by atoms with Gasteiger partial charge in [-0.15, -0.1) is 0 Å². The van der Waals surface area contributed by atoms with Crippen LogP contribution in [-0.4, -0.2) is 121 Å². The number of benzene rings is 1. The maximum atomic E-state index is 12.9. The number of nitrogens with one attached hydrogen (secondary N) is 1.